The molecule has 0 radical (unpaired) electrons. The molecule has 2 aromatic carbocycles. The van der Waals surface area contributed by atoms with Gasteiger partial charge in [-0.3, -0.25) is 0 Å². The van der Waals surface area contributed by atoms with Crippen LogP contribution in [0, 0.1) is 0 Å². The van der Waals surface area contributed by atoms with Crippen molar-refractivity contribution in [3.8, 4) is 5.75 Å². The van der Waals surface area contributed by atoms with Crippen molar-refractivity contribution in [3.63, 3.8) is 0 Å². The third kappa shape index (κ3) is 5.37. The quantitative estimate of drug-likeness (QED) is 0.644. The molecule has 21 heavy (non-hydrogen) atoms. The Morgan fingerprint density at radius 3 is 2.38 bits per heavy atom. The van der Waals surface area contributed by atoms with Crippen LogP contribution >= 0.6 is 0 Å². The van der Waals surface area contributed by atoms with Crippen LogP contribution < -0.4 is 4.74 Å². The Hall–Kier alpha value is -2.81. The smallest absolute Gasteiger partial charge is 0.328 e. The number of hydrogen-bond donors (Lipinski definition) is 1. The summed E-state index contributed by atoms with van der Waals surface area (Å²) in [4.78, 5) is 10.3. The Bertz CT molecular complexity index is 625. The molecule has 1 N–H and O–H groups in total. The molecular weight excluding hydrogens is 264 g/mol. The van der Waals surface area contributed by atoms with Crippen LogP contribution in [0.3, 0.4) is 0 Å². The van der Waals surface area contributed by atoms with Crippen LogP contribution in [0.5, 0.6) is 5.75 Å². The maximum Gasteiger partial charge on any atom is 0.328 e. The van der Waals surface area contributed by atoms with Gasteiger partial charge in [-0.25, -0.2) is 4.79 Å². The Morgan fingerprint density at radius 1 is 1.00 bits per heavy atom. The molecule has 3 heteroatoms. The SMILES string of the molecule is O=C(O)/C=C\C=C\c1ccc(OCc2ccccc2)cc1. The van der Waals surface area contributed by atoms with E-state index in [9.17, 15) is 4.79 Å². The predicted octanol–water partition coefficient (Wildman–Crippen LogP) is 3.92. The standard InChI is InChI=1S/C18H16O3/c19-18(20)9-5-4-6-15-10-12-17(13-11-15)21-14-16-7-2-1-3-8-16/h1-13H,14H2,(H,19,20)/b6-4+,9-5-. The summed E-state index contributed by atoms with van der Waals surface area (Å²) >= 11 is 0. The lowest BCUT2D eigenvalue weighted by Gasteiger charge is -2.06. The summed E-state index contributed by atoms with van der Waals surface area (Å²) < 4.78 is 5.69. The van der Waals surface area contributed by atoms with Gasteiger partial charge in [0.2, 0.25) is 0 Å². The zero-order valence-electron chi connectivity index (χ0n) is 11.5. The van der Waals surface area contributed by atoms with Gasteiger partial charge in [-0.05, 0) is 23.3 Å². The molecule has 0 fully saturated rings. The van der Waals surface area contributed by atoms with E-state index in [0.29, 0.717) is 6.61 Å². The number of rotatable bonds is 6. The van der Waals surface area contributed by atoms with Crippen molar-refractivity contribution in [2.75, 3.05) is 0 Å². The fraction of sp³-hybridized carbons (Fsp3) is 0.0556. The third-order valence-corrected chi connectivity index (χ3v) is 2.77. The van der Waals surface area contributed by atoms with E-state index in [1.807, 2.05) is 60.7 Å². The van der Waals surface area contributed by atoms with E-state index >= 15 is 0 Å². The van der Waals surface area contributed by atoms with Gasteiger partial charge in [0, 0.05) is 6.08 Å². The van der Waals surface area contributed by atoms with Gasteiger partial charge >= 0.3 is 5.97 Å². The summed E-state index contributed by atoms with van der Waals surface area (Å²) in [5.74, 6) is -0.151. The maximum atomic E-state index is 10.3. The minimum Gasteiger partial charge on any atom is -0.489 e. The molecule has 2 aromatic rings. The molecule has 0 spiro atoms. The van der Waals surface area contributed by atoms with E-state index in [0.717, 1.165) is 23.0 Å². The van der Waals surface area contributed by atoms with E-state index < -0.39 is 5.97 Å². The largest absolute Gasteiger partial charge is 0.489 e. The van der Waals surface area contributed by atoms with E-state index in [-0.39, 0.29) is 0 Å². The molecule has 0 saturated heterocycles. The van der Waals surface area contributed by atoms with Crippen molar-refractivity contribution in [1.29, 1.82) is 0 Å². The van der Waals surface area contributed by atoms with Crippen molar-refractivity contribution in [3.05, 3.63) is 84.0 Å². The van der Waals surface area contributed by atoms with Gasteiger partial charge < -0.3 is 9.84 Å². The Kier molecular flexibility index (Phi) is 5.35. The minimum absolute atomic E-state index is 0.539. The summed E-state index contributed by atoms with van der Waals surface area (Å²) in [6, 6.07) is 17.6. The third-order valence-electron chi connectivity index (χ3n) is 2.77. The minimum atomic E-state index is -0.954. The topological polar surface area (TPSA) is 46.5 Å². The molecule has 0 unspecified atom stereocenters. The highest BCUT2D eigenvalue weighted by Crippen LogP contribution is 2.15. The molecule has 0 aliphatic rings. The van der Waals surface area contributed by atoms with E-state index in [1.54, 1.807) is 6.08 Å². The molecule has 0 heterocycles. The van der Waals surface area contributed by atoms with E-state index in [2.05, 4.69) is 0 Å². The Balaban J connectivity index is 1.88. The number of allylic oxidation sites excluding steroid dienone is 2. The summed E-state index contributed by atoms with van der Waals surface area (Å²) in [6.07, 6.45) is 6.10. The van der Waals surface area contributed by atoms with Crippen LogP contribution in [0.1, 0.15) is 11.1 Å². The van der Waals surface area contributed by atoms with Gasteiger partial charge in [0.05, 0.1) is 0 Å². The second-order valence-electron chi connectivity index (χ2n) is 4.40. The molecule has 0 aliphatic heterocycles. The Morgan fingerprint density at radius 2 is 1.71 bits per heavy atom. The highest BCUT2D eigenvalue weighted by molar-refractivity contribution is 5.80. The average molecular weight is 280 g/mol. The zero-order chi connectivity index (χ0) is 14.9. The second kappa shape index (κ2) is 7.70. The first-order chi connectivity index (χ1) is 10.2. The summed E-state index contributed by atoms with van der Waals surface area (Å²) in [5.41, 5.74) is 2.11. The monoisotopic (exact) mass is 280 g/mol. The molecule has 2 rings (SSSR count). The van der Waals surface area contributed by atoms with Crippen molar-refractivity contribution in [2.45, 2.75) is 6.61 Å². The molecule has 0 aromatic heterocycles. The second-order valence-corrected chi connectivity index (χ2v) is 4.40. The summed E-state index contributed by atoms with van der Waals surface area (Å²) in [7, 11) is 0. The van der Waals surface area contributed by atoms with Crippen LogP contribution in [0.15, 0.2) is 72.8 Å². The van der Waals surface area contributed by atoms with E-state index in [1.165, 1.54) is 6.08 Å². The molecule has 3 nitrogen and oxygen atoms in total. The molecule has 0 saturated carbocycles. The highest BCUT2D eigenvalue weighted by Gasteiger charge is 1.95. The number of ether oxygens (including phenoxy) is 1. The number of benzene rings is 2. The molecular formula is C18H16O3. The highest BCUT2D eigenvalue weighted by atomic mass is 16.5. The van der Waals surface area contributed by atoms with Gasteiger partial charge in [-0.2, -0.15) is 0 Å². The average Bonchev–Trinajstić information content (AvgIpc) is 2.51. The lowest BCUT2D eigenvalue weighted by Crippen LogP contribution is -1.94. The van der Waals surface area contributed by atoms with Gasteiger partial charge in [0.1, 0.15) is 12.4 Å². The molecule has 0 amide bonds. The maximum absolute atomic E-state index is 10.3. The van der Waals surface area contributed by atoms with Gasteiger partial charge in [-0.1, -0.05) is 60.7 Å². The van der Waals surface area contributed by atoms with Gasteiger partial charge in [0.15, 0.2) is 0 Å². The molecule has 106 valence electrons. The first-order valence-corrected chi connectivity index (χ1v) is 6.58. The first-order valence-electron chi connectivity index (χ1n) is 6.58. The number of hydrogen-bond acceptors (Lipinski definition) is 2. The van der Waals surface area contributed by atoms with Crippen molar-refractivity contribution in [1.82, 2.24) is 0 Å². The van der Waals surface area contributed by atoms with Crippen LogP contribution in [0.2, 0.25) is 0 Å². The van der Waals surface area contributed by atoms with Crippen LogP contribution in [0.4, 0.5) is 0 Å². The van der Waals surface area contributed by atoms with Crippen LogP contribution in [-0.4, -0.2) is 11.1 Å². The zero-order valence-corrected chi connectivity index (χ0v) is 11.5. The first kappa shape index (κ1) is 14.6. The number of carbonyl (C=O) groups is 1. The number of carboxylic acid groups (broad SMARTS) is 1. The van der Waals surface area contributed by atoms with Crippen molar-refractivity contribution < 1.29 is 14.6 Å². The van der Waals surface area contributed by atoms with Crippen molar-refractivity contribution in [2.24, 2.45) is 0 Å². The number of aliphatic carboxylic acids is 1. The van der Waals surface area contributed by atoms with Gasteiger partial charge in [0.25, 0.3) is 0 Å². The fourth-order valence-electron chi connectivity index (χ4n) is 1.72. The number of carboxylic acids is 1. The van der Waals surface area contributed by atoms with Crippen LogP contribution in [-0.2, 0) is 11.4 Å². The fourth-order valence-corrected chi connectivity index (χ4v) is 1.72. The normalized spacial score (nSPS) is 11.0. The van der Waals surface area contributed by atoms with Crippen LogP contribution in [0.25, 0.3) is 6.08 Å². The van der Waals surface area contributed by atoms with Gasteiger partial charge in [-0.15, -0.1) is 0 Å². The Labute approximate surface area is 123 Å². The van der Waals surface area contributed by atoms with E-state index in [4.69, 9.17) is 9.84 Å². The molecule has 0 bridgehead atoms. The molecule has 0 aliphatic carbocycles. The lowest BCUT2D eigenvalue weighted by atomic mass is 10.2. The lowest BCUT2D eigenvalue weighted by molar-refractivity contribution is -0.131. The summed E-state index contributed by atoms with van der Waals surface area (Å²) in [5, 5.41) is 8.46. The predicted molar refractivity (Wildman–Crippen MR) is 83.0 cm³/mol. The van der Waals surface area contributed by atoms with Crippen molar-refractivity contribution >= 4 is 12.0 Å². The molecule has 0 atom stereocenters. The summed E-state index contributed by atoms with van der Waals surface area (Å²) in [6.45, 7) is 0.539.